The van der Waals surface area contributed by atoms with Gasteiger partial charge >= 0.3 is 5.69 Å². The smallest absolute Gasteiger partial charge is 0.331 e. The summed E-state index contributed by atoms with van der Waals surface area (Å²) in [7, 11) is 0. The SMILES string of the molecule is CC(=O)[C@@H]1[C@H](O)[C@@H](CO)O[C@@]1(C(C)=O)n1cc(C#CCF)c(=O)[nH]c1=O. The molecule has 1 aromatic heterocycles. The van der Waals surface area contributed by atoms with Gasteiger partial charge in [-0.05, 0) is 13.8 Å². The fourth-order valence-corrected chi connectivity index (χ4v) is 3.09. The molecule has 0 aliphatic carbocycles. The first kappa shape index (κ1) is 19.7. The average Bonchev–Trinajstić information content (AvgIpc) is 2.87. The average molecular weight is 368 g/mol. The number of hydrogen-bond donors (Lipinski definition) is 3. The van der Waals surface area contributed by atoms with Crippen molar-refractivity contribution in [3.05, 3.63) is 32.6 Å². The molecule has 0 unspecified atom stereocenters. The summed E-state index contributed by atoms with van der Waals surface area (Å²) in [5.41, 5.74) is -4.63. The Morgan fingerprint density at radius 1 is 1.42 bits per heavy atom. The largest absolute Gasteiger partial charge is 0.394 e. The molecule has 0 spiro atoms. The third kappa shape index (κ3) is 3.01. The molecule has 1 saturated heterocycles. The van der Waals surface area contributed by atoms with E-state index in [4.69, 9.17) is 4.74 Å². The molecular formula is C16H17FN2O7. The Labute approximate surface area is 146 Å². The molecule has 140 valence electrons. The Morgan fingerprint density at radius 2 is 2.08 bits per heavy atom. The standard InChI is InChI=1S/C16H17FN2O7/c1-8(21)12-13(23)11(7-20)26-16(12,9(2)22)19-6-10(4-3-5-17)14(24)18-15(19)25/h6,11-13,20,23H,5,7H2,1-2H3,(H,18,24,25)/t11-,12-,13-,16-/m1/s1. The molecule has 0 bridgehead atoms. The summed E-state index contributed by atoms with van der Waals surface area (Å²) in [6, 6.07) is 0. The highest BCUT2D eigenvalue weighted by Crippen LogP contribution is 2.41. The van der Waals surface area contributed by atoms with Crippen molar-refractivity contribution >= 4 is 11.6 Å². The van der Waals surface area contributed by atoms with Gasteiger partial charge < -0.3 is 14.9 Å². The monoisotopic (exact) mass is 368 g/mol. The second kappa shape index (κ2) is 7.33. The van der Waals surface area contributed by atoms with E-state index in [-0.39, 0.29) is 5.56 Å². The van der Waals surface area contributed by atoms with E-state index in [9.17, 15) is 33.8 Å². The molecule has 9 nitrogen and oxygen atoms in total. The summed E-state index contributed by atoms with van der Waals surface area (Å²) in [5, 5.41) is 19.7. The van der Waals surface area contributed by atoms with Crippen LogP contribution in [0.1, 0.15) is 19.4 Å². The van der Waals surface area contributed by atoms with E-state index in [0.29, 0.717) is 4.57 Å². The van der Waals surface area contributed by atoms with Gasteiger partial charge in [0.25, 0.3) is 5.56 Å². The van der Waals surface area contributed by atoms with Crippen LogP contribution in [0.2, 0.25) is 0 Å². The van der Waals surface area contributed by atoms with Crippen LogP contribution in [0.4, 0.5) is 4.39 Å². The Balaban J connectivity index is 2.82. The minimum Gasteiger partial charge on any atom is -0.394 e. The van der Waals surface area contributed by atoms with Crippen LogP contribution in [0.5, 0.6) is 0 Å². The van der Waals surface area contributed by atoms with Gasteiger partial charge in [0.2, 0.25) is 5.72 Å². The fourth-order valence-electron chi connectivity index (χ4n) is 3.09. The number of ether oxygens (including phenoxy) is 1. The number of hydrogen-bond acceptors (Lipinski definition) is 7. The lowest BCUT2D eigenvalue weighted by Gasteiger charge is -2.32. The van der Waals surface area contributed by atoms with Crippen molar-refractivity contribution in [1.82, 2.24) is 9.55 Å². The number of Topliss-reactive ketones (excluding diaryl/α,β-unsaturated/α-hetero) is 2. The second-order valence-electron chi connectivity index (χ2n) is 5.78. The lowest BCUT2D eigenvalue weighted by atomic mass is 9.85. The molecule has 2 heterocycles. The molecule has 2 rings (SSSR count). The molecule has 4 atom stereocenters. The van der Waals surface area contributed by atoms with Gasteiger partial charge in [-0.2, -0.15) is 0 Å². The Bertz CT molecular complexity index is 910. The van der Waals surface area contributed by atoms with Crippen molar-refractivity contribution in [2.45, 2.75) is 31.8 Å². The number of aliphatic hydroxyl groups is 2. The summed E-state index contributed by atoms with van der Waals surface area (Å²) in [6.07, 6.45) is -2.01. The number of ketones is 2. The molecule has 3 N–H and O–H groups in total. The maximum Gasteiger partial charge on any atom is 0.331 e. The zero-order valence-electron chi connectivity index (χ0n) is 14.0. The number of aliphatic hydroxyl groups excluding tert-OH is 2. The number of nitrogens with zero attached hydrogens (tertiary/aromatic N) is 1. The summed E-state index contributed by atoms with van der Waals surface area (Å²) < 4.78 is 18.4. The molecule has 10 heteroatoms. The highest BCUT2D eigenvalue weighted by molar-refractivity contribution is 5.92. The highest BCUT2D eigenvalue weighted by Gasteiger charge is 2.61. The number of H-pyrrole nitrogens is 1. The number of carbonyl (C=O) groups excluding carboxylic acids is 2. The van der Waals surface area contributed by atoms with Crippen molar-refractivity contribution in [2.75, 3.05) is 13.3 Å². The number of alkyl halides is 1. The van der Waals surface area contributed by atoms with Crippen molar-refractivity contribution in [3.8, 4) is 11.8 Å². The Hall–Kier alpha value is -2.61. The normalized spacial score (nSPS) is 27.7. The number of halogens is 1. The van der Waals surface area contributed by atoms with E-state index < -0.39 is 59.9 Å². The predicted octanol–water partition coefficient (Wildman–Crippen LogP) is -1.94. The van der Waals surface area contributed by atoms with Crippen molar-refractivity contribution < 1.29 is 28.9 Å². The topological polar surface area (TPSA) is 139 Å². The van der Waals surface area contributed by atoms with E-state index in [1.807, 2.05) is 10.9 Å². The third-order valence-corrected chi connectivity index (χ3v) is 4.19. The number of aromatic nitrogens is 2. The van der Waals surface area contributed by atoms with Crippen LogP contribution >= 0.6 is 0 Å². The lowest BCUT2D eigenvalue weighted by molar-refractivity contribution is -0.169. The van der Waals surface area contributed by atoms with Gasteiger partial charge in [0.05, 0.1) is 12.7 Å². The third-order valence-electron chi connectivity index (χ3n) is 4.19. The minimum atomic E-state index is -2.29. The number of rotatable bonds is 4. The quantitative estimate of drug-likeness (QED) is 0.525. The molecular weight excluding hydrogens is 351 g/mol. The second-order valence-corrected chi connectivity index (χ2v) is 5.78. The van der Waals surface area contributed by atoms with Crippen LogP contribution in [0, 0.1) is 17.8 Å². The molecule has 1 aromatic rings. The van der Waals surface area contributed by atoms with Gasteiger partial charge in [-0.1, -0.05) is 11.8 Å². The lowest BCUT2D eigenvalue weighted by Crippen LogP contribution is -2.55. The van der Waals surface area contributed by atoms with Crippen molar-refractivity contribution in [3.63, 3.8) is 0 Å². The van der Waals surface area contributed by atoms with E-state index in [2.05, 4.69) is 5.92 Å². The van der Waals surface area contributed by atoms with E-state index in [0.717, 1.165) is 20.0 Å². The van der Waals surface area contributed by atoms with E-state index in [1.54, 1.807) is 0 Å². The highest BCUT2D eigenvalue weighted by atomic mass is 19.1. The van der Waals surface area contributed by atoms with Crippen LogP contribution in [-0.2, 0) is 20.1 Å². The fraction of sp³-hybridized carbons (Fsp3) is 0.500. The zero-order chi connectivity index (χ0) is 19.6. The van der Waals surface area contributed by atoms with Gasteiger partial charge in [0.15, 0.2) is 12.5 Å². The summed E-state index contributed by atoms with van der Waals surface area (Å²) in [4.78, 5) is 50.6. The van der Waals surface area contributed by atoms with Crippen LogP contribution < -0.4 is 11.2 Å². The molecule has 0 saturated carbocycles. The summed E-state index contributed by atoms with van der Waals surface area (Å²) in [6.45, 7) is 0.364. The van der Waals surface area contributed by atoms with Gasteiger partial charge in [-0.25, -0.2) is 9.18 Å². The van der Waals surface area contributed by atoms with Gasteiger partial charge in [0, 0.05) is 6.20 Å². The molecule has 0 amide bonds. The van der Waals surface area contributed by atoms with Gasteiger partial charge in [-0.15, -0.1) is 0 Å². The van der Waals surface area contributed by atoms with Gasteiger partial charge in [0.1, 0.15) is 23.4 Å². The van der Waals surface area contributed by atoms with Gasteiger partial charge in [-0.3, -0.25) is 23.9 Å². The first-order chi connectivity index (χ1) is 12.2. The number of carbonyl (C=O) groups is 2. The Morgan fingerprint density at radius 3 is 2.58 bits per heavy atom. The van der Waals surface area contributed by atoms with Crippen LogP contribution in [0.25, 0.3) is 0 Å². The van der Waals surface area contributed by atoms with Crippen molar-refractivity contribution in [1.29, 1.82) is 0 Å². The number of nitrogens with one attached hydrogen (secondary N) is 1. The maximum atomic E-state index is 12.4. The maximum absolute atomic E-state index is 12.4. The predicted molar refractivity (Wildman–Crippen MR) is 85.0 cm³/mol. The summed E-state index contributed by atoms with van der Waals surface area (Å²) in [5.74, 6) is 1.22. The molecule has 0 aromatic carbocycles. The molecule has 1 fully saturated rings. The van der Waals surface area contributed by atoms with E-state index >= 15 is 0 Å². The minimum absolute atomic E-state index is 0.337. The Kier molecular flexibility index (Phi) is 5.56. The summed E-state index contributed by atoms with van der Waals surface area (Å²) >= 11 is 0. The first-order valence-electron chi connectivity index (χ1n) is 7.60. The van der Waals surface area contributed by atoms with Crippen molar-refractivity contribution in [2.24, 2.45) is 5.92 Å². The van der Waals surface area contributed by atoms with Crippen LogP contribution in [-0.4, -0.2) is 56.8 Å². The zero-order valence-corrected chi connectivity index (χ0v) is 14.0. The van der Waals surface area contributed by atoms with E-state index in [1.165, 1.54) is 0 Å². The van der Waals surface area contributed by atoms with Crippen LogP contribution in [0.3, 0.4) is 0 Å². The molecule has 1 aliphatic rings. The first-order valence-corrected chi connectivity index (χ1v) is 7.60. The molecule has 1 aliphatic heterocycles. The molecule has 0 radical (unpaired) electrons. The number of aromatic amines is 1. The molecule has 26 heavy (non-hydrogen) atoms. The van der Waals surface area contributed by atoms with Crippen LogP contribution in [0.15, 0.2) is 15.8 Å².